The van der Waals surface area contributed by atoms with E-state index in [9.17, 15) is 24.2 Å². The first-order chi connectivity index (χ1) is 28.7. The van der Waals surface area contributed by atoms with Crippen molar-refractivity contribution in [2.75, 3.05) is 26.4 Å². The quantitative estimate of drug-likeness (QED) is 0.0179. The number of esters is 2. The summed E-state index contributed by atoms with van der Waals surface area (Å²) in [6, 6.07) is 0. The molecule has 0 aliphatic heterocycles. The lowest BCUT2D eigenvalue weighted by Crippen LogP contribution is -2.29. The van der Waals surface area contributed by atoms with Crippen molar-refractivity contribution >= 4 is 19.8 Å². The van der Waals surface area contributed by atoms with Crippen molar-refractivity contribution in [1.82, 2.24) is 0 Å². The second kappa shape index (κ2) is 42.7. The number of phosphoric acid groups is 1. The van der Waals surface area contributed by atoms with Crippen LogP contribution in [0.3, 0.4) is 0 Å². The average molecular weight is 845 g/mol. The lowest BCUT2D eigenvalue weighted by Gasteiger charge is -2.20. The molecule has 0 aromatic rings. The minimum absolute atomic E-state index is 0.0805. The number of rotatable bonds is 39. The first-order valence-corrected chi connectivity index (χ1v) is 23.4. The molecule has 0 saturated carbocycles. The largest absolute Gasteiger partial charge is 0.472 e. The predicted molar refractivity (Wildman–Crippen MR) is 242 cm³/mol. The second-order valence-electron chi connectivity index (χ2n) is 14.1. The van der Waals surface area contributed by atoms with Gasteiger partial charge in [0.05, 0.1) is 19.8 Å². The van der Waals surface area contributed by atoms with Crippen LogP contribution in [0.2, 0.25) is 0 Å². The summed E-state index contributed by atoms with van der Waals surface area (Å²) in [5, 5.41) is 18.3. The number of aliphatic hydroxyl groups excluding tert-OH is 2. The third-order valence-electron chi connectivity index (χ3n) is 8.55. The van der Waals surface area contributed by atoms with Crippen LogP contribution in [0.15, 0.2) is 109 Å². The molecule has 2 unspecified atom stereocenters. The van der Waals surface area contributed by atoms with Crippen molar-refractivity contribution in [3.8, 4) is 0 Å². The fourth-order valence-corrected chi connectivity index (χ4v) is 6.04. The molecule has 0 spiro atoms. The van der Waals surface area contributed by atoms with Crippen LogP contribution in [0.1, 0.15) is 142 Å². The van der Waals surface area contributed by atoms with Crippen LogP contribution in [0.5, 0.6) is 0 Å². The highest BCUT2D eigenvalue weighted by Crippen LogP contribution is 2.43. The molecule has 0 aliphatic rings. The Balaban J connectivity index is 4.31. The zero-order valence-electron chi connectivity index (χ0n) is 36.2. The van der Waals surface area contributed by atoms with Crippen LogP contribution in [0, 0.1) is 0 Å². The van der Waals surface area contributed by atoms with Gasteiger partial charge in [-0.25, -0.2) is 4.57 Å². The SMILES string of the molecule is CC/C=C/C=C/C=C/C=C/C=C/CCCC(=O)OC(COC(=O)CCCCCCCCCCCC/C=C/C/C=C/C/C=C/C/C=C/CC)COP(=O)(O)OC[C@H](O)CO. The van der Waals surface area contributed by atoms with Crippen LogP contribution in [-0.2, 0) is 32.7 Å². The molecule has 0 saturated heterocycles. The summed E-state index contributed by atoms with van der Waals surface area (Å²) in [5.74, 6) is -1.03. The van der Waals surface area contributed by atoms with Gasteiger partial charge in [-0.2, -0.15) is 0 Å². The van der Waals surface area contributed by atoms with Crippen molar-refractivity contribution < 1.29 is 47.8 Å². The highest BCUT2D eigenvalue weighted by Gasteiger charge is 2.27. The van der Waals surface area contributed by atoms with Crippen molar-refractivity contribution in [3.63, 3.8) is 0 Å². The molecule has 0 rings (SSSR count). The van der Waals surface area contributed by atoms with E-state index in [4.69, 9.17) is 19.1 Å². The van der Waals surface area contributed by atoms with Gasteiger partial charge in [0.25, 0.3) is 0 Å². The van der Waals surface area contributed by atoms with E-state index in [1.165, 1.54) is 38.5 Å². The summed E-state index contributed by atoms with van der Waals surface area (Å²) in [5.41, 5.74) is 0. The maximum Gasteiger partial charge on any atom is 0.472 e. The Kier molecular flexibility index (Phi) is 40.3. The first-order valence-electron chi connectivity index (χ1n) is 21.9. The van der Waals surface area contributed by atoms with Gasteiger partial charge >= 0.3 is 19.8 Å². The van der Waals surface area contributed by atoms with E-state index < -0.39 is 51.8 Å². The predicted octanol–water partition coefficient (Wildman–Crippen LogP) is 11.8. The number of ether oxygens (including phenoxy) is 2. The molecule has 10 nitrogen and oxygen atoms in total. The molecule has 0 aromatic carbocycles. The van der Waals surface area contributed by atoms with Gasteiger partial charge in [-0.1, -0.05) is 175 Å². The van der Waals surface area contributed by atoms with E-state index in [0.29, 0.717) is 19.3 Å². The topological polar surface area (TPSA) is 149 Å². The minimum atomic E-state index is -4.64. The maximum absolute atomic E-state index is 12.6. The normalized spacial score (nSPS) is 14.9. The summed E-state index contributed by atoms with van der Waals surface area (Å²) in [6.07, 6.45) is 53.6. The molecule has 0 aromatic heterocycles. The highest BCUT2D eigenvalue weighted by molar-refractivity contribution is 7.47. The number of hydrogen-bond donors (Lipinski definition) is 3. The molecule has 3 atom stereocenters. The Morgan fingerprint density at radius 1 is 0.525 bits per heavy atom. The molecule has 0 radical (unpaired) electrons. The van der Waals surface area contributed by atoms with E-state index in [-0.39, 0.29) is 19.4 Å². The van der Waals surface area contributed by atoms with Gasteiger partial charge in [-0.05, 0) is 64.2 Å². The van der Waals surface area contributed by atoms with Gasteiger partial charge < -0.3 is 24.6 Å². The number of unbranched alkanes of at least 4 members (excludes halogenated alkanes) is 11. The Morgan fingerprint density at radius 3 is 1.56 bits per heavy atom. The van der Waals surface area contributed by atoms with Crippen LogP contribution in [0.4, 0.5) is 0 Å². The molecule has 0 aliphatic carbocycles. The van der Waals surface area contributed by atoms with Crippen LogP contribution >= 0.6 is 7.82 Å². The van der Waals surface area contributed by atoms with E-state index in [1.807, 2.05) is 54.7 Å². The van der Waals surface area contributed by atoms with Crippen molar-refractivity contribution in [1.29, 1.82) is 0 Å². The van der Waals surface area contributed by atoms with Crippen molar-refractivity contribution in [2.24, 2.45) is 0 Å². The summed E-state index contributed by atoms with van der Waals surface area (Å²) >= 11 is 0. The smallest absolute Gasteiger partial charge is 0.462 e. The lowest BCUT2D eigenvalue weighted by molar-refractivity contribution is -0.161. The van der Waals surface area contributed by atoms with Gasteiger partial charge in [0.15, 0.2) is 6.10 Å². The zero-order valence-corrected chi connectivity index (χ0v) is 37.1. The maximum atomic E-state index is 12.6. The van der Waals surface area contributed by atoms with Gasteiger partial charge in [-0.3, -0.25) is 18.6 Å². The standard InChI is InChI=1S/C48H77O10P/c1-3-5-7-9-11-13-15-17-18-19-20-21-22-23-24-25-26-28-29-31-33-35-37-39-47(51)55-43-46(44-57-59(53,54)56-42-45(50)41-49)58-48(52)40-38-36-34-32-30-27-16-14-12-10-8-6-4-2/h5-8,10-14,16-18,20-21,27,30,32,34,45-46,49-50H,3-4,9,15,19,22-26,28-29,31,33,35-44H2,1-2H3,(H,53,54)/b7-5+,8-6+,12-10+,13-11+,16-14+,18-17+,21-20+,30-27+,34-32+/t45-,46?/m1/s1. The molecule has 0 bridgehead atoms. The Hall–Kier alpha value is -3.37. The zero-order chi connectivity index (χ0) is 43.3. The van der Waals surface area contributed by atoms with E-state index in [2.05, 4.69) is 73.1 Å². The summed E-state index contributed by atoms with van der Waals surface area (Å²) in [6.45, 7) is 2.00. The van der Waals surface area contributed by atoms with Crippen LogP contribution in [0.25, 0.3) is 0 Å². The summed E-state index contributed by atoms with van der Waals surface area (Å²) in [4.78, 5) is 34.9. The minimum Gasteiger partial charge on any atom is -0.462 e. The molecule has 334 valence electrons. The monoisotopic (exact) mass is 845 g/mol. The van der Waals surface area contributed by atoms with Gasteiger partial charge in [0, 0.05) is 12.8 Å². The van der Waals surface area contributed by atoms with Crippen LogP contribution in [-0.4, -0.2) is 65.7 Å². The number of allylic oxidation sites excluding steroid dienone is 18. The molecular weight excluding hydrogens is 767 g/mol. The molecular formula is C48H77O10P. The summed E-state index contributed by atoms with van der Waals surface area (Å²) in [7, 11) is -4.64. The fourth-order valence-electron chi connectivity index (χ4n) is 5.25. The second-order valence-corrected chi connectivity index (χ2v) is 15.5. The van der Waals surface area contributed by atoms with Gasteiger partial charge in [0.2, 0.25) is 0 Å². The van der Waals surface area contributed by atoms with Gasteiger partial charge in [-0.15, -0.1) is 0 Å². The van der Waals surface area contributed by atoms with E-state index >= 15 is 0 Å². The van der Waals surface area contributed by atoms with Crippen molar-refractivity contribution in [2.45, 2.75) is 154 Å². The number of phosphoric ester groups is 1. The third kappa shape index (κ3) is 42.6. The fraction of sp³-hybridized carbons (Fsp3) is 0.583. The van der Waals surface area contributed by atoms with Gasteiger partial charge in [0.1, 0.15) is 12.7 Å². The molecule has 0 amide bonds. The molecule has 0 fully saturated rings. The third-order valence-corrected chi connectivity index (χ3v) is 9.50. The first kappa shape index (κ1) is 55.6. The molecule has 0 heterocycles. The number of hydrogen-bond acceptors (Lipinski definition) is 9. The Labute approximate surface area is 356 Å². The number of carbonyl (C=O) groups excluding carboxylic acids is 2. The van der Waals surface area contributed by atoms with Crippen LogP contribution < -0.4 is 0 Å². The number of aliphatic hydroxyl groups is 2. The number of carbonyl (C=O) groups is 2. The lowest BCUT2D eigenvalue weighted by atomic mass is 10.1. The molecule has 11 heteroatoms. The van der Waals surface area contributed by atoms with Crippen molar-refractivity contribution in [3.05, 3.63) is 109 Å². The molecule has 59 heavy (non-hydrogen) atoms. The summed E-state index contributed by atoms with van der Waals surface area (Å²) < 4.78 is 32.6. The van der Waals surface area contributed by atoms with E-state index in [1.54, 1.807) is 0 Å². The average Bonchev–Trinajstić information content (AvgIpc) is 3.22. The van der Waals surface area contributed by atoms with E-state index in [0.717, 1.165) is 57.8 Å². The molecule has 3 N–H and O–H groups in total. The Bertz CT molecular complexity index is 1340. The highest BCUT2D eigenvalue weighted by atomic mass is 31.2. The Morgan fingerprint density at radius 2 is 0.983 bits per heavy atom.